The smallest absolute Gasteiger partial charge is 0.253 e. The first-order chi connectivity index (χ1) is 9.74. The monoisotopic (exact) mass is 276 g/mol. The van der Waals surface area contributed by atoms with Crippen molar-refractivity contribution in [2.45, 2.75) is 32.8 Å². The van der Waals surface area contributed by atoms with E-state index in [4.69, 9.17) is 4.74 Å². The Kier molecular flexibility index (Phi) is 5.41. The summed E-state index contributed by atoms with van der Waals surface area (Å²) in [6.45, 7) is 7.30. The molecule has 2 rings (SSSR count). The molecule has 0 radical (unpaired) electrons. The van der Waals surface area contributed by atoms with E-state index < -0.39 is 0 Å². The molecule has 1 aromatic carbocycles. The van der Waals surface area contributed by atoms with Crippen LogP contribution in [0.1, 0.15) is 37.0 Å². The second kappa shape index (κ2) is 7.29. The average molecular weight is 276 g/mol. The van der Waals surface area contributed by atoms with E-state index in [9.17, 15) is 4.79 Å². The number of nitrogens with one attached hydrogen (secondary N) is 1. The van der Waals surface area contributed by atoms with Crippen LogP contribution in [0.15, 0.2) is 24.3 Å². The molecule has 0 saturated carbocycles. The van der Waals surface area contributed by atoms with Gasteiger partial charge in [-0.2, -0.15) is 0 Å². The lowest BCUT2D eigenvalue weighted by molar-refractivity contribution is 0.0146. The lowest BCUT2D eigenvalue weighted by atomic mass is 10.1. The van der Waals surface area contributed by atoms with Crippen LogP contribution in [0.4, 0.5) is 5.69 Å². The van der Waals surface area contributed by atoms with Gasteiger partial charge in [-0.05, 0) is 51.0 Å². The van der Waals surface area contributed by atoms with Gasteiger partial charge in [-0.3, -0.25) is 4.79 Å². The van der Waals surface area contributed by atoms with Gasteiger partial charge < -0.3 is 15.0 Å². The molecule has 0 bridgehead atoms. The van der Waals surface area contributed by atoms with E-state index in [2.05, 4.69) is 12.2 Å². The van der Waals surface area contributed by atoms with Crippen LogP contribution < -0.4 is 5.32 Å². The van der Waals surface area contributed by atoms with Crippen LogP contribution in [0.2, 0.25) is 0 Å². The number of nitrogens with zero attached hydrogens (tertiary/aromatic N) is 1. The molecule has 0 spiro atoms. The standard InChI is InChI=1S/C16H24N2O2/c1-3-17-14-7-5-13(6-8-14)16(19)18-11-9-15(10-12-18)20-4-2/h5-8,15,17H,3-4,9-12H2,1-2H3. The van der Waals surface area contributed by atoms with Gasteiger partial charge in [0.2, 0.25) is 0 Å². The van der Waals surface area contributed by atoms with Crippen molar-refractivity contribution in [2.75, 3.05) is 31.6 Å². The fourth-order valence-electron chi connectivity index (χ4n) is 2.58. The summed E-state index contributed by atoms with van der Waals surface area (Å²) in [4.78, 5) is 14.3. The zero-order valence-corrected chi connectivity index (χ0v) is 12.4. The number of likely N-dealkylation sites (tertiary alicyclic amines) is 1. The fraction of sp³-hybridized carbons (Fsp3) is 0.562. The van der Waals surface area contributed by atoms with Crippen LogP contribution in [0.25, 0.3) is 0 Å². The van der Waals surface area contributed by atoms with Gasteiger partial charge in [0, 0.05) is 37.5 Å². The third-order valence-electron chi connectivity index (χ3n) is 3.64. The maximum absolute atomic E-state index is 12.4. The molecule has 1 aromatic rings. The molecular weight excluding hydrogens is 252 g/mol. The van der Waals surface area contributed by atoms with Crippen LogP contribution in [0.3, 0.4) is 0 Å². The molecule has 110 valence electrons. The first-order valence-electron chi connectivity index (χ1n) is 7.49. The third-order valence-corrected chi connectivity index (χ3v) is 3.64. The van der Waals surface area contributed by atoms with Gasteiger partial charge in [-0.1, -0.05) is 0 Å². The molecule has 0 aliphatic carbocycles. The van der Waals surface area contributed by atoms with Crippen molar-refractivity contribution >= 4 is 11.6 Å². The Labute approximate surface area is 121 Å². The van der Waals surface area contributed by atoms with Crippen molar-refractivity contribution in [3.05, 3.63) is 29.8 Å². The predicted molar refractivity (Wildman–Crippen MR) is 81.2 cm³/mol. The van der Waals surface area contributed by atoms with Gasteiger partial charge in [0.15, 0.2) is 0 Å². The van der Waals surface area contributed by atoms with E-state index in [1.807, 2.05) is 36.1 Å². The van der Waals surface area contributed by atoms with E-state index in [1.165, 1.54) is 0 Å². The third kappa shape index (κ3) is 3.73. The van der Waals surface area contributed by atoms with Gasteiger partial charge in [0.25, 0.3) is 5.91 Å². The second-order valence-electron chi connectivity index (χ2n) is 5.05. The fourth-order valence-corrected chi connectivity index (χ4v) is 2.58. The van der Waals surface area contributed by atoms with Gasteiger partial charge in [0.1, 0.15) is 0 Å². The van der Waals surface area contributed by atoms with Crippen molar-refractivity contribution in [3.8, 4) is 0 Å². The lowest BCUT2D eigenvalue weighted by Crippen LogP contribution is -2.40. The molecule has 1 aliphatic rings. The maximum atomic E-state index is 12.4. The van der Waals surface area contributed by atoms with Crippen molar-refractivity contribution in [1.29, 1.82) is 0 Å². The highest BCUT2D eigenvalue weighted by molar-refractivity contribution is 5.94. The number of hydrogen-bond donors (Lipinski definition) is 1. The summed E-state index contributed by atoms with van der Waals surface area (Å²) in [7, 11) is 0. The summed E-state index contributed by atoms with van der Waals surface area (Å²) in [6, 6.07) is 7.72. The van der Waals surface area contributed by atoms with Gasteiger partial charge in [-0.15, -0.1) is 0 Å². The van der Waals surface area contributed by atoms with Crippen LogP contribution in [-0.2, 0) is 4.74 Å². The number of piperidine rings is 1. The number of hydrogen-bond acceptors (Lipinski definition) is 3. The predicted octanol–water partition coefficient (Wildman–Crippen LogP) is 2.76. The summed E-state index contributed by atoms with van der Waals surface area (Å²) < 4.78 is 5.61. The topological polar surface area (TPSA) is 41.6 Å². The number of amides is 1. The lowest BCUT2D eigenvalue weighted by Gasteiger charge is -2.31. The number of carbonyl (C=O) groups is 1. The van der Waals surface area contributed by atoms with Gasteiger partial charge >= 0.3 is 0 Å². The first kappa shape index (κ1) is 14.9. The highest BCUT2D eigenvalue weighted by Crippen LogP contribution is 2.17. The molecule has 0 aromatic heterocycles. The number of ether oxygens (including phenoxy) is 1. The molecule has 4 nitrogen and oxygen atoms in total. The number of anilines is 1. The Morgan fingerprint density at radius 2 is 1.90 bits per heavy atom. The minimum atomic E-state index is 0.128. The Hall–Kier alpha value is -1.55. The Morgan fingerprint density at radius 1 is 1.25 bits per heavy atom. The zero-order chi connectivity index (χ0) is 14.4. The normalized spacial score (nSPS) is 16.2. The molecule has 1 N–H and O–H groups in total. The first-order valence-corrected chi connectivity index (χ1v) is 7.49. The van der Waals surface area contributed by atoms with E-state index in [0.717, 1.165) is 50.3 Å². The molecule has 1 heterocycles. The van der Waals surface area contributed by atoms with Gasteiger partial charge in [-0.25, -0.2) is 0 Å². The Bertz CT molecular complexity index is 423. The molecule has 20 heavy (non-hydrogen) atoms. The summed E-state index contributed by atoms with van der Waals surface area (Å²) in [5.74, 6) is 0.128. The maximum Gasteiger partial charge on any atom is 0.253 e. The molecule has 0 atom stereocenters. The largest absolute Gasteiger partial charge is 0.385 e. The minimum absolute atomic E-state index is 0.128. The van der Waals surface area contributed by atoms with Crippen LogP contribution in [-0.4, -0.2) is 43.2 Å². The molecule has 0 unspecified atom stereocenters. The summed E-state index contributed by atoms with van der Waals surface area (Å²) in [5.41, 5.74) is 1.82. The summed E-state index contributed by atoms with van der Waals surface area (Å²) in [5, 5.41) is 3.23. The van der Waals surface area contributed by atoms with Crippen molar-refractivity contribution in [3.63, 3.8) is 0 Å². The van der Waals surface area contributed by atoms with E-state index in [1.54, 1.807) is 0 Å². The van der Waals surface area contributed by atoms with E-state index in [-0.39, 0.29) is 5.91 Å². The van der Waals surface area contributed by atoms with Crippen molar-refractivity contribution in [2.24, 2.45) is 0 Å². The second-order valence-corrected chi connectivity index (χ2v) is 5.05. The molecule has 4 heteroatoms. The molecule has 1 amide bonds. The van der Waals surface area contributed by atoms with E-state index in [0.29, 0.717) is 6.10 Å². The van der Waals surface area contributed by atoms with Crippen molar-refractivity contribution in [1.82, 2.24) is 4.90 Å². The molecule has 1 saturated heterocycles. The quantitative estimate of drug-likeness (QED) is 0.899. The molecular formula is C16H24N2O2. The van der Waals surface area contributed by atoms with Gasteiger partial charge in [0.05, 0.1) is 6.10 Å². The highest BCUT2D eigenvalue weighted by Gasteiger charge is 2.23. The SMILES string of the molecule is CCNc1ccc(C(=O)N2CCC(OCC)CC2)cc1. The minimum Gasteiger partial charge on any atom is -0.385 e. The van der Waals surface area contributed by atoms with Crippen LogP contribution >= 0.6 is 0 Å². The van der Waals surface area contributed by atoms with E-state index >= 15 is 0 Å². The molecule has 1 aliphatic heterocycles. The zero-order valence-electron chi connectivity index (χ0n) is 12.4. The molecule has 1 fully saturated rings. The highest BCUT2D eigenvalue weighted by atomic mass is 16.5. The number of carbonyl (C=O) groups excluding carboxylic acids is 1. The average Bonchev–Trinajstić information content (AvgIpc) is 2.49. The number of rotatable bonds is 5. The summed E-state index contributed by atoms with van der Waals surface area (Å²) in [6.07, 6.45) is 2.20. The number of benzene rings is 1. The Balaban J connectivity index is 1.91. The van der Waals surface area contributed by atoms with Crippen LogP contribution in [0.5, 0.6) is 0 Å². The Morgan fingerprint density at radius 3 is 2.45 bits per heavy atom. The van der Waals surface area contributed by atoms with Crippen molar-refractivity contribution < 1.29 is 9.53 Å². The van der Waals surface area contributed by atoms with Crippen LogP contribution in [0, 0.1) is 0 Å². The summed E-state index contributed by atoms with van der Waals surface area (Å²) >= 11 is 0.